The summed E-state index contributed by atoms with van der Waals surface area (Å²) in [6, 6.07) is 0. The Labute approximate surface area is 96.0 Å². The largest absolute Gasteiger partial charge is 0.396 e. The standard InChI is InChI=1S/C14H18O2/c1-8-3-11-12(4-8)13(11)9-5-10(7-15)14(2,16)6-9/h3-4,9-10,13,15-16H,1,5-7H2,2H3/t9?,10?,14-/m0/s1. The lowest BCUT2D eigenvalue weighted by Gasteiger charge is -2.23. The van der Waals surface area contributed by atoms with Gasteiger partial charge in [-0.1, -0.05) is 18.7 Å². The highest BCUT2D eigenvalue weighted by Crippen LogP contribution is 2.59. The van der Waals surface area contributed by atoms with E-state index in [4.69, 9.17) is 0 Å². The fourth-order valence-corrected chi connectivity index (χ4v) is 3.50. The first-order valence-electron chi connectivity index (χ1n) is 5.98. The molecule has 3 aliphatic carbocycles. The summed E-state index contributed by atoms with van der Waals surface area (Å²) in [6.45, 7) is 5.87. The highest BCUT2D eigenvalue weighted by Gasteiger charge is 2.52. The van der Waals surface area contributed by atoms with E-state index in [-0.39, 0.29) is 12.5 Å². The van der Waals surface area contributed by atoms with Crippen molar-refractivity contribution in [3.63, 3.8) is 0 Å². The van der Waals surface area contributed by atoms with Crippen LogP contribution in [-0.4, -0.2) is 22.4 Å². The van der Waals surface area contributed by atoms with E-state index in [0.717, 1.165) is 18.4 Å². The van der Waals surface area contributed by atoms with Gasteiger partial charge in [0.2, 0.25) is 0 Å². The maximum Gasteiger partial charge on any atom is 0.0672 e. The second kappa shape index (κ2) is 3.08. The minimum Gasteiger partial charge on any atom is -0.396 e. The fraction of sp³-hybridized carbons (Fsp3) is 0.571. The topological polar surface area (TPSA) is 40.5 Å². The number of aliphatic hydroxyl groups is 2. The molecule has 0 amide bonds. The average molecular weight is 218 g/mol. The summed E-state index contributed by atoms with van der Waals surface area (Å²) >= 11 is 0. The van der Waals surface area contributed by atoms with Crippen LogP contribution < -0.4 is 0 Å². The third kappa shape index (κ3) is 1.33. The quantitative estimate of drug-likeness (QED) is 0.742. The van der Waals surface area contributed by atoms with Crippen LogP contribution >= 0.6 is 0 Å². The normalized spacial score (nSPS) is 42.1. The molecule has 0 saturated heterocycles. The first-order chi connectivity index (χ1) is 7.53. The van der Waals surface area contributed by atoms with Gasteiger partial charge in [-0.15, -0.1) is 0 Å². The Balaban J connectivity index is 1.75. The van der Waals surface area contributed by atoms with Gasteiger partial charge in [0.1, 0.15) is 0 Å². The van der Waals surface area contributed by atoms with E-state index in [2.05, 4.69) is 18.7 Å². The van der Waals surface area contributed by atoms with E-state index in [0.29, 0.717) is 11.8 Å². The first-order valence-corrected chi connectivity index (χ1v) is 5.98. The summed E-state index contributed by atoms with van der Waals surface area (Å²) < 4.78 is 0. The van der Waals surface area contributed by atoms with E-state index in [9.17, 15) is 10.2 Å². The average Bonchev–Trinajstić information content (AvgIpc) is 2.57. The Morgan fingerprint density at radius 3 is 2.56 bits per heavy atom. The zero-order valence-corrected chi connectivity index (χ0v) is 9.61. The SMILES string of the molecule is C=C1C=C2C(=C1)C2C1CC(CO)[C@@](C)(O)C1. The Hall–Kier alpha value is -0.860. The molecular weight excluding hydrogens is 200 g/mol. The van der Waals surface area contributed by atoms with Crippen molar-refractivity contribution in [2.45, 2.75) is 25.4 Å². The van der Waals surface area contributed by atoms with Gasteiger partial charge in [0, 0.05) is 18.4 Å². The lowest BCUT2D eigenvalue weighted by Crippen LogP contribution is -2.31. The van der Waals surface area contributed by atoms with E-state index in [1.54, 1.807) is 0 Å². The molecule has 2 unspecified atom stereocenters. The van der Waals surface area contributed by atoms with E-state index in [1.165, 1.54) is 11.1 Å². The second-order valence-corrected chi connectivity index (χ2v) is 5.69. The van der Waals surface area contributed by atoms with Crippen LogP contribution in [0, 0.1) is 17.8 Å². The van der Waals surface area contributed by atoms with Crippen molar-refractivity contribution in [1.29, 1.82) is 0 Å². The third-order valence-corrected chi connectivity index (χ3v) is 4.44. The molecule has 2 saturated carbocycles. The smallest absolute Gasteiger partial charge is 0.0672 e. The number of fused-ring (bicyclic) bond motifs is 1. The molecule has 0 aromatic heterocycles. The van der Waals surface area contributed by atoms with Gasteiger partial charge in [0.05, 0.1) is 5.60 Å². The molecule has 2 heteroatoms. The van der Waals surface area contributed by atoms with Crippen LogP contribution in [-0.2, 0) is 0 Å². The van der Waals surface area contributed by atoms with Gasteiger partial charge in [-0.25, -0.2) is 0 Å². The molecule has 0 aromatic carbocycles. The highest BCUT2D eigenvalue weighted by atomic mass is 16.3. The van der Waals surface area contributed by atoms with Gasteiger partial charge < -0.3 is 10.2 Å². The first kappa shape index (κ1) is 10.3. The molecule has 3 atom stereocenters. The van der Waals surface area contributed by atoms with Gasteiger partial charge in [0.15, 0.2) is 0 Å². The van der Waals surface area contributed by atoms with Crippen LogP contribution in [0.4, 0.5) is 0 Å². The summed E-state index contributed by atoms with van der Waals surface area (Å²) in [5, 5.41) is 19.5. The molecule has 2 nitrogen and oxygen atoms in total. The number of allylic oxidation sites excluding steroid dienone is 5. The van der Waals surface area contributed by atoms with Crippen LogP contribution in [0.25, 0.3) is 0 Å². The van der Waals surface area contributed by atoms with Crippen LogP contribution in [0.2, 0.25) is 0 Å². The molecule has 0 aliphatic heterocycles. The molecule has 2 fully saturated rings. The number of rotatable bonds is 2. The van der Waals surface area contributed by atoms with E-state index >= 15 is 0 Å². The number of aliphatic hydroxyl groups excluding tert-OH is 1. The van der Waals surface area contributed by atoms with Gasteiger partial charge >= 0.3 is 0 Å². The van der Waals surface area contributed by atoms with Crippen molar-refractivity contribution in [2.24, 2.45) is 17.8 Å². The van der Waals surface area contributed by atoms with Gasteiger partial charge in [-0.3, -0.25) is 0 Å². The Morgan fingerprint density at radius 1 is 1.44 bits per heavy atom. The van der Waals surface area contributed by atoms with Crippen molar-refractivity contribution < 1.29 is 10.2 Å². The summed E-state index contributed by atoms with van der Waals surface area (Å²) in [5.74, 6) is 1.11. The predicted molar refractivity (Wildman–Crippen MR) is 62.7 cm³/mol. The fourth-order valence-electron chi connectivity index (χ4n) is 3.50. The van der Waals surface area contributed by atoms with Crippen LogP contribution in [0.1, 0.15) is 19.8 Å². The van der Waals surface area contributed by atoms with Crippen molar-refractivity contribution >= 4 is 0 Å². The Morgan fingerprint density at radius 2 is 2.06 bits per heavy atom. The lowest BCUT2D eigenvalue weighted by molar-refractivity contribution is -0.00293. The number of hydrogen-bond acceptors (Lipinski definition) is 2. The highest BCUT2D eigenvalue weighted by molar-refractivity contribution is 5.67. The van der Waals surface area contributed by atoms with Gasteiger partial charge in [0.25, 0.3) is 0 Å². The predicted octanol–water partition coefficient (Wildman–Crippen LogP) is 1.81. The van der Waals surface area contributed by atoms with Crippen LogP contribution in [0.5, 0.6) is 0 Å². The summed E-state index contributed by atoms with van der Waals surface area (Å²) in [6.07, 6.45) is 6.06. The van der Waals surface area contributed by atoms with Crippen LogP contribution in [0.3, 0.4) is 0 Å². The van der Waals surface area contributed by atoms with Crippen LogP contribution in [0.15, 0.2) is 35.5 Å². The summed E-state index contributed by atoms with van der Waals surface area (Å²) in [7, 11) is 0. The monoisotopic (exact) mass is 218 g/mol. The molecule has 3 aliphatic rings. The maximum atomic E-state index is 10.2. The molecule has 86 valence electrons. The lowest BCUT2D eigenvalue weighted by atomic mass is 9.94. The van der Waals surface area contributed by atoms with E-state index < -0.39 is 5.60 Å². The van der Waals surface area contributed by atoms with Crippen molar-refractivity contribution in [1.82, 2.24) is 0 Å². The molecule has 3 rings (SSSR count). The Bertz CT molecular complexity index is 392. The zero-order chi connectivity index (χ0) is 11.5. The van der Waals surface area contributed by atoms with Gasteiger partial charge in [-0.05, 0) is 42.4 Å². The third-order valence-electron chi connectivity index (χ3n) is 4.44. The molecule has 0 radical (unpaired) electrons. The molecule has 0 heterocycles. The Kier molecular flexibility index (Phi) is 1.99. The molecule has 2 N–H and O–H groups in total. The molecule has 0 spiro atoms. The van der Waals surface area contributed by atoms with E-state index in [1.807, 2.05) is 6.92 Å². The number of hydrogen-bond donors (Lipinski definition) is 2. The maximum absolute atomic E-state index is 10.2. The second-order valence-electron chi connectivity index (χ2n) is 5.69. The van der Waals surface area contributed by atoms with Crippen molar-refractivity contribution in [2.75, 3.05) is 6.61 Å². The minimum atomic E-state index is -0.686. The summed E-state index contributed by atoms with van der Waals surface area (Å²) in [5.41, 5.74) is 3.26. The molecule has 16 heavy (non-hydrogen) atoms. The summed E-state index contributed by atoms with van der Waals surface area (Å²) in [4.78, 5) is 0. The van der Waals surface area contributed by atoms with Crippen molar-refractivity contribution in [3.8, 4) is 0 Å². The van der Waals surface area contributed by atoms with Crippen molar-refractivity contribution in [3.05, 3.63) is 35.5 Å². The molecule has 0 aromatic rings. The minimum absolute atomic E-state index is 0.0447. The molecular formula is C14H18O2. The van der Waals surface area contributed by atoms with Gasteiger partial charge in [-0.2, -0.15) is 0 Å². The molecule has 0 bridgehead atoms. The zero-order valence-electron chi connectivity index (χ0n) is 9.61.